The van der Waals surface area contributed by atoms with E-state index in [0.29, 0.717) is 0 Å². The van der Waals surface area contributed by atoms with E-state index in [0.717, 1.165) is 12.5 Å². The molecule has 4 heteroatoms. The van der Waals surface area contributed by atoms with Gasteiger partial charge in [-0.1, -0.05) is 6.92 Å². The molecule has 0 spiro atoms. The van der Waals surface area contributed by atoms with Gasteiger partial charge in [0.2, 0.25) is 0 Å². The van der Waals surface area contributed by atoms with Gasteiger partial charge >= 0.3 is 0 Å². The fourth-order valence-electron chi connectivity index (χ4n) is 1.06. The Kier molecular flexibility index (Phi) is 3.28. The van der Waals surface area contributed by atoms with Gasteiger partial charge in [-0.25, -0.2) is 8.78 Å². The Morgan fingerprint density at radius 3 is 2.64 bits per heavy atom. The SMILES string of the molecule is CCC(C)Nc1c(N)ccc(F)c1F. The summed E-state index contributed by atoms with van der Waals surface area (Å²) >= 11 is 0. The third-order valence-corrected chi connectivity index (χ3v) is 2.13. The minimum absolute atomic E-state index is 0.0550. The lowest BCUT2D eigenvalue weighted by atomic mass is 10.2. The highest BCUT2D eigenvalue weighted by atomic mass is 19.2. The maximum absolute atomic E-state index is 13.2. The number of nitrogens with two attached hydrogens (primary N) is 1. The monoisotopic (exact) mass is 200 g/mol. The molecule has 2 nitrogen and oxygen atoms in total. The molecule has 0 amide bonds. The quantitative estimate of drug-likeness (QED) is 0.736. The summed E-state index contributed by atoms with van der Waals surface area (Å²) in [5.74, 6) is -1.80. The Labute approximate surface area is 82.1 Å². The van der Waals surface area contributed by atoms with Crippen molar-refractivity contribution in [1.82, 2.24) is 0 Å². The number of nitrogens with one attached hydrogen (secondary N) is 1. The summed E-state index contributed by atoms with van der Waals surface area (Å²) in [4.78, 5) is 0. The zero-order chi connectivity index (χ0) is 10.7. The summed E-state index contributed by atoms with van der Waals surface area (Å²) in [7, 11) is 0. The van der Waals surface area contributed by atoms with Crippen LogP contribution in [0.4, 0.5) is 20.2 Å². The van der Waals surface area contributed by atoms with Gasteiger partial charge in [0, 0.05) is 6.04 Å². The fourth-order valence-corrected chi connectivity index (χ4v) is 1.06. The minimum atomic E-state index is -0.912. The lowest BCUT2D eigenvalue weighted by Crippen LogP contribution is -2.16. The molecule has 1 unspecified atom stereocenters. The summed E-state index contributed by atoms with van der Waals surface area (Å²) in [6, 6.07) is 2.43. The van der Waals surface area contributed by atoms with Crippen LogP contribution in [0.3, 0.4) is 0 Å². The fraction of sp³-hybridized carbons (Fsp3) is 0.400. The first kappa shape index (κ1) is 10.8. The molecule has 1 rings (SSSR count). The van der Waals surface area contributed by atoms with Gasteiger partial charge in [-0.3, -0.25) is 0 Å². The van der Waals surface area contributed by atoms with Crippen molar-refractivity contribution in [2.24, 2.45) is 0 Å². The molecule has 0 saturated heterocycles. The second-order valence-electron chi connectivity index (χ2n) is 3.28. The summed E-state index contributed by atoms with van der Waals surface area (Å²) in [6.45, 7) is 3.83. The summed E-state index contributed by atoms with van der Waals surface area (Å²) in [5.41, 5.74) is 5.81. The standard InChI is InChI=1S/C10H14F2N2/c1-3-6(2)14-10-8(13)5-4-7(11)9(10)12/h4-6,14H,3,13H2,1-2H3. The number of anilines is 2. The van der Waals surface area contributed by atoms with Crippen molar-refractivity contribution in [2.45, 2.75) is 26.3 Å². The Balaban J connectivity index is 3.00. The van der Waals surface area contributed by atoms with E-state index in [1.807, 2.05) is 13.8 Å². The smallest absolute Gasteiger partial charge is 0.183 e. The third-order valence-electron chi connectivity index (χ3n) is 2.13. The van der Waals surface area contributed by atoms with Gasteiger partial charge in [0.15, 0.2) is 11.6 Å². The Morgan fingerprint density at radius 1 is 1.43 bits per heavy atom. The molecule has 0 aliphatic carbocycles. The average Bonchev–Trinajstić information content (AvgIpc) is 2.18. The minimum Gasteiger partial charge on any atom is -0.397 e. The Morgan fingerprint density at radius 2 is 2.07 bits per heavy atom. The van der Waals surface area contributed by atoms with Crippen LogP contribution < -0.4 is 11.1 Å². The van der Waals surface area contributed by atoms with Crippen LogP contribution in [0.1, 0.15) is 20.3 Å². The number of nitrogen functional groups attached to an aromatic ring is 1. The highest BCUT2D eigenvalue weighted by Gasteiger charge is 2.12. The van der Waals surface area contributed by atoms with E-state index in [2.05, 4.69) is 5.32 Å². The first-order valence-corrected chi connectivity index (χ1v) is 4.56. The average molecular weight is 200 g/mol. The normalized spacial score (nSPS) is 12.6. The molecule has 1 aromatic rings. The number of halogens is 2. The van der Waals surface area contributed by atoms with Gasteiger partial charge in [0.25, 0.3) is 0 Å². The molecule has 0 aliphatic heterocycles. The van der Waals surface area contributed by atoms with Gasteiger partial charge < -0.3 is 11.1 Å². The molecule has 0 aromatic heterocycles. The number of hydrogen-bond acceptors (Lipinski definition) is 2. The molecule has 14 heavy (non-hydrogen) atoms. The molecule has 0 radical (unpaired) electrons. The van der Waals surface area contributed by atoms with Crippen LogP contribution in [0.2, 0.25) is 0 Å². The van der Waals surface area contributed by atoms with Crippen molar-refractivity contribution in [3.8, 4) is 0 Å². The lowest BCUT2D eigenvalue weighted by Gasteiger charge is -2.15. The Hall–Kier alpha value is -1.32. The van der Waals surface area contributed by atoms with Crippen LogP contribution in [0, 0.1) is 11.6 Å². The summed E-state index contributed by atoms with van der Waals surface area (Å²) in [5, 5.41) is 2.83. The molecule has 0 bridgehead atoms. The molecular weight excluding hydrogens is 186 g/mol. The maximum Gasteiger partial charge on any atom is 0.183 e. The lowest BCUT2D eigenvalue weighted by molar-refractivity contribution is 0.510. The predicted molar refractivity (Wildman–Crippen MR) is 54.1 cm³/mol. The van der Waals surface area contributed by atoms with E-state index in [1.165, 1.54) is 6.07 Å². The molecule has 0 fully saturated rings. The molecule has 3 N–H and O–H groups in total. The second-order valence-corrected chi connectivity index (χ2v) is 3.28. The van der Waals surface area contributed by atoms with Crippen LogP contribution in [-0.4, -0.2) is 6.04 Å². The van der Waals surface area contributed by atoms with Crippen LogP contribution in [0.15, 0.2) is 12.1 Å². The maximum atomic E-state index is 13.2. The van der Waals surface area contributed by atoms with Gasteiger partial charge in [0.05, 0.1) is 11.4 Å². The molecule has 1 atom stereocenters. The van der Waals surface area contributed by atoms with E-state index in [4.69, 9.17) is 5.73 Å². The molecule has 0 aliphatic rings. The zero-order valence-corrected chi connectivity index (χ0v) is 8.27. The van der Waals surface area contributed by atoms with Gasteiger partial charge in [-0.05, 0) is 25.5 Å². The van der Waals surface area contributed by atoms with E-state index in [9.17, 15) is 8.78 Å². The van der Waals surface area contributed by atoms with Crippen molar-refractivity contribution < 1.29 is 8.78 Å². The molecular formula is C10H14F2N2. The van der Waals surface area contributed by atoms with Crippen molar-refractivity contribution in [1.29, 1.82) is 0 Å². The summed E-state index contributed by atoms with van der Waals surface area (Å²) < 4.78 is 26.1. The van der Waals surface area contributed by atoms with Crippen molar-refractivity contribution in [3.63, 3.8) is 0 Å². The Bertz CT molecular complexity index is 326. The molecule has 1 aromatic carbocycles. The topological polar surface area (TPSA) is 38.0 Å². The first-order valence-electron chi connectivity index (χ1n) is 4.56. The van der Waals surface area contributed by atoms with Crippen LogP contribution in [-0.2, 0) is 0 Å². The van der Waals surface area contributed by atoms with Crippen molar-refractivity contribution in [2.75, 3.05) is 11.1 Å². The van der Waals surface area contributed by atoms with Gasteiger partial charge in [-0.15, -0.1) is 0 Å². The molecule has 0 heterocycles. The molecule has 0 saturated carbocycles. The van der Waals surface area contributed by atoms with Gasteiger partial charge in [0.1, 0.15) is 0 Å². The number of hydrogen-bond donors (Lipinski definition) is 2. The van der Waals surface area contributed by atoms with Crippen LogP contribution in [0.5, 0.6) is 0 Å². The number of benzene rings is 1. The highest BCUT2D eigenvalue weighted by molar-refractivity contribution is 5.67. The summed E-state index contributed by atoms with van der Waals surface area (Å²) in [6.07, 6.45) is 0.815. The van der Waals surface area contributed by atoms with E-state index < -0.39 is 11.6 Å². The largest absolute Gasteiger partial charge is 0.397 e. The third kappa shape index (κ3) is 2.13. The number of rotatable bonds is 3. The predicted octanol–water partition coefficient (Wildman–Crippen LogP) is 2.76. The van der Waals surface area contributed by atoms with Crippen molar-refractivity contribution in [3.05, 3.63) is 23.8 Å². The molecule has 78 valence electrons. The van der Waals surface area contributed by atoms with E-state index >= 15 is 0 Å². The van der Waals surface area contributed by atoms with Crippen molar-refractivity contribution >= 4 is 11.4 Å². The first-order chi connectivity index (χ1) is 6.56. The zero-order valence-electron chi connectivity index (χ0n) is 8.27. The highest BCUT2D eigenvalue weighted by Crippen LogP contribution is 2.25. The van der Waals surface area contributed by atoms with Crippen LogP contribution >= 0.6 is 0 Å². The van der Waals surface area contributed by atoms with E-state index in [-0.39, 0.29) is 17.4 Å². The van der Waals surface area contributed by atoms with Gasteiger partial charge in [-0.2, -0.15) is 0 Å². The van der Waals surface area contributed by atoms with E-state index in [1.54, 1.807) is 0 Å². The second kappa shape index (κ2) is 4.26. The van der Waals surface area contributed by atoms with Crippen LogP contribution in [0.25, 0.3) is 0 Å².